The molecule has 1 N–H and O–H groups in total. The number of furan rings is 1. The summed E-state index contributed by atoms with van der Waals surface area (Å²) < 4.78 is 7.29. The molecule has 210 valence electrons. The molecule has 2 amide bonds. The molecule has 0 unspecified atom stereocenters. The summed E-state index contributed by atoms with van der Waals surface area (Å²) in [6.07, 6.45) is 1.56. The zero-order valence-electron chi connectivity index (χ0n) is 24.8. The number of carbonyl (C=O) groups is 2. The summed E-state index contributed by atoms with van der Waals surface area (Å²) in [4.78, 5) is 28.6. The van der Waals surface area contributed by atoms with Crippen molar-refractivity contribution in [2.45, 2.75) is 72.8 Å². The van der Waals surface area contributed by atoms with E-state index in [1.54, 1.807) is 23.1 Å². The van der Waals surface area contributed by atoms with E-state index in [2.05, 4.69) is 52.9 Å². The first-order valence-electron chi connectivity index (χ1n) is 13.6. The van der Waals surface area contributed by atoms with Crippen LogP contribution in [0, 0.1) is 13.8 Å². The Kier molecular flexibility index (Phi) is 8.05. The van der Waals surface area contributed by atoms with Gasteiger partial charge in [-0.3, -0.25) is 9.59 Å². The predicted molar refractivity (Wildman–Crippen MR) is 159 cm³/mol. The number of benzene rings is 2. The van der Waals surface area contributed by atoms with Crippen LogP contribution in [0.1, 0.15) is 80.0 Å². The van der Waals surface area contributed by atoms with Gasteiger partial charge < -0.3 is 14.6 Å². The Hall–Kier alpha value is -4.13. The summed E-state index contributed by atoms with van der Waals surface area (Å²) in [5.41, 5.74) is 5.34. The first kappa shape index (κ1) is 28.9. The van der Waals surface area contributed by atoms with Crippen LogP contribution in [0.3, 0.4) is 0 Å². The Morgan fingerprint density at radius 1 is 0.925 bits per heavy atom. The van der Waals surface area contributed by atoms with Crippen LogP contribution >= 0.6 is 0 Å². The normalized spacial score (nSPS) is 11.9. The average molecular weight is 541 g/mol. The third kappa shape index (κ3) is 6.71. The SMILES string of the molecule is Cc1ccc(-n2nc(C(C)(C)C)cc2NC(=O)CN(Cc2ccco2)C(=O)c2ccc(C(C)(C)C)cc2)c(C)c1. The second kappa shape index (κ2) is 11.2. The lowest BCUT2D eigenvalue weighted by Gasteiger charge is -2.23. The van der Waals surface area contributed by atoms with Crippen LogP contribution in [-0.4, -0.2) is 33.0 Å². The Labute approximate surface area is 237 Å². The molecule has 40 heavy (non-hydrogen) atoms. The van der Waals surface area contributed by atoms with Crippen molar-refractivity contribution in [3.63, 3.8) is 0 Å². The summed E-state index contributed by atoms with van der Waals surface area (Å²) in [7, 11) is 0. The molecule has 7 heteroatoms. The van der Waals surface area contributed by atoms with E-state index in [0.29, 0.717) is 17.1 Å². The third-order valence-electron chi connectivity index (χ3n) is 6.87. The van der Waals surface area contributed by atoms with E-state index in [0.717, 1.165) is 28.1 Å². The highest BCUT2D eigenvalue weighted by atomic mass is 16.3. The van der Waals surface area contributed by atoms with Crippen LogP contribution in [0.4, 0.5) is 5.82 Å². The maximum Gasteiger partial charge on any atom is 0.254 e. The molecule has 2 heterocycles. The van der Waals surface area contributed by atoms with Crippen LogP contribution in [0.5, 0.6) is 0 Å². The topological polar surface area (TPSA) is 80.4 Å². The molecular weight excluding hydrogens is 500 g/mol. The molecular formula is C33H40N4O3. The van der Waals surface area contributed by atoms with Gasteiger partial charge in [-0.15, -0.1) is 0 Å². The molecule has 2 aromatic carbocycles. The molecule has 4 aromatic rings. The van der Waals surface area contributed by atoms with E-state index in [1.807, 2.05) is 56.3 Å². The fourth-order valence-corrected chi connectivity index (χ4v) is 4.50. The minimum atomic E-state index is -0.322. The summed E-state index contributed by atoms with van der Waals surface area (Å²) in [5, 5.41) is 7.88. The van der Waals surface area contributed by atoms with Gasteiger partial charge in [-0.2, -0.15) is 5.10 Å². The van der Waals surface area contributed by atoms with Gasteiger partial charge in [-0.1, -0.05) is 71.4 Å². The number of nitrogens with zero attached hydrogens (tertiary/aromatic N) is 3. The van der Waals surface area contributed by atoms with Crippen LogP contribution < -0.4 is 5.32 Å². The highest BCUT2D eigenvalue weighted by Crippen LogP contribution is 2.28. The van der Waals surface area contributed by atoms with Crippen LogP contribution in [0.15, 0.2) is 71.3 Å². The molecule has 0 bridgehead atoms. The van der Waals surface area contributed by atoms with E-state index in [9.17, 15) is 9.59 Å². The zero-order valence-corrected chi connectivity index (χ0v) is 24.8. The highest BCUT2D eigenvalue weighted by molar-refractivity contribution is 5.99. The lowest BCUT2D eigenvalue weighted by molar-refractivity contribution is -0.117. The second-order valence-electron chi connectivity index (χ2n) is 12.5. The third-order valence-corrected chi connectivity index (χ3v) is 6.87. The number of anilines is 1. The Balaban J connectivity index is 1.62. The van der Waals surface area contributed by atoms with Gasteiger partial charge in [0.05, 0.1) is 24.2 Å². The van der Waals surface area contributed by atoms with Gasteiger partial charge in [0.2, 0.25) is 5.91 Å². The van der Waals surface area contributed by atoms with Gasteiger partial charge in [0.1, 0.15) is 18.1 Å². The number of hydrogen-bond acceptors (Lipinski definition) is 4. The highest BCUT2D eigenvalue weighted by Gasteiger charge is 2.25. The van der Waals surface area contributed by atoms with Crippen LogP contribution in [0.25, 0.3) is 5.69 Å². The van der Waals surface area contributed by atoms with E-state index in [1.165, 1.54) is 4.90 Å². The summed E-state index contributed by atoms with van der Waals surface area (Å²) in [6, 6.07) is 19.2. The van der Waals surface area contributed by atoms with Crippen molar-refractivity contribution in [2.75, 3.05) is 11.9 Å². The van der Waals surface area contributed by atoms with Gasteiger partial charge in [0.15, 0.2) is 0 Å². The number of amides is 2. The maximum atomic E-state index is 13.6. The second-order valence-corrected chi connectivity index (χ2v) is 12.5. The maximum absolute atomic E-state index is 13.6. The van der Waals surface area contributed by atoms with Crippen LogP contribution in [0.2, 0.25) is 0 Å². The summed E-state index contributed by atoms with van der Waals surface area (Å²) in [6.45, 7) is 16.7. The molecule has 0 atom stereocenters. The number of nitrogens with one attached hydrogen (secondary N) is 1. The quantitative estimate of drug-likeness (QED) is 0.275. The lowest BCUT2D eigenvalue weighted by atomic mass is 9.86. The average Bonchev–Trinajstić information content (AvgIpc) is 3.53. The van der Waals surface area contributed by atoms with Gasteiger partial charge in [0, 0.05) is 17.0 Å². The van der Waals surface area contributed by atoms with Crippen molar-refractivity contribution in [3.8, 4) is 5.69 Å². The number of rotatable bonds is 7. The standard InChI is InChI=1S/C33H40N4O3/c1-22-11-16-27(23(2)18-22)37-29(19-28(35-37)33(6,7)8)34-30(38)21-36(20-26-10-9-17-40-26)31(39)24-12-14-25(15-13-24)32(3,4)5/h9-19H,20-21H2,1-8H3,(H,34,38). The number of aryl methyl sites for hydroxylation is 2. The molecule has 0 aliphatic heterocycles. The van der Waals surface area contributed by atoms with Crippen molar-refractivity contribution in [1.82, 2.24) is 14.7 Å². The molecule has 0 spiro atoms. The van der Waals surface area contributed by atoms with E-state index in [-0.39, 0.29) is 35.7 Å². The number of hydrogen-bond donors (Lipinski definition) is 1. The fraction of sp³-hybridized carbons (Fsp3) is 0.364. The van der Waals surface area contributed by atoms with Crippen molar-refractivity contribution in [2.24, 2.45) is 0 Å². The van der Waals surface area contributed by atoms with Gasteiger partial charge >= 0.3 is 0 Å². The minimum Gasteiger partial charge on any atom is -0.467 e. The van der Waals surface area contributed by atoms with Crippen molar-refractivity contribution >= 4 is 17.6 Å². The molecule has 0 aliphatic rings. The number of aromatic nitrogens is 2. The smallest absolute Gasteiger partial charge is 0.254 e. The molecule has 0 aliphatic carbocycles. The van der Waals surface area contributed by atoms with E-state index >= 15 is 0 Å². The summed E-state index contributed by atoms with van der Waals surface area (Å²) >= 11 is 0. The van der Waals surface area contributed by atoms with Crippen molar-refractivity contribution in [3.05, 3.63) is 101 Å². The Bertz CT molecular complexity index is 1480. The van der Waals surface area contributed by atoms with Gasteiger partial charge in [-0.25, -0.2) is 4.68 Å². The Morgan fingerprint density at radius 3 is 2.20 bits per heavy atom. The first-order valence-corrected chi connectivity index (χ1v) is 13.6. The molecule has 7 nitrogen and oxygen atoms in total. The van der Waals surface area contributed by atoms with Crippen LogP contribution in [-0.2, 0) is 22.2 Å². The molecule has 4 rings (SSSR count). The predicted octanol–water partition coefficient (Wildman–Crippen LogP) is 6.96. The van der Waals surface area contributed by atoms with E-state index in [4.69, 9.17) is 9.52 Å². The summed E-state index contributed by atoms with van der Waals surface area (Å²) in [5.74, 6) is 0.590. The fourth-order valence-electron chi connectivity index (χ4n) is 4.50. The monoisotopic (exact) mass is 540 g/mol. The molecule has 0 radical (unpaired) electrons. The Morgan fingerprint density at radius 2 is 1.62 bits per heavy atom. The lowest BCUT2D eigenvalue weighted by Crippen LogP contribution is -2.37. The van der Waals surface area contributed by atoms with E-state index < -0.39 is 0 Å². The van der Waals surface area contributed by atoms with Gasteiger partial charge in [0.25, 0.3) is 5.91 Å². The van der Waals surface area contributed by atoms with Crippen molar-refractivity contribution in [1.29, 1.82) is 0 Å². The first-order chi connectivity index (χ1) is 18.7. The zero-order chi connectivity index (χ0) is 29.2. The minimum absolute atomic E-state index is 0.0278. The molecule has 0 saturated carbocycles. The number of carbonyl (C=O) groups excluding carboxylic acids is 2. The van der Waals surface area contributed by atoms with Gasteiger partial charge in [-0.05, 0) is 60.7 Å². The molecule has 0 saturated heterocycles. The molecule has 2 aromatic heterocycles. The largest absolute Gasteiger partial charge is 0.467 e. The molecule has 0 fully saturated rings. The van der Waals surface area contributed by atoms with Crippen molar-refractivity contribution < 1.29 is 14.0 Å².